The number of amides is 1. The summed E-state index contributed by atoms with van der Waals surface area (Å²) in [7, 11) is 3.12. The van der Waals surface area contributed by atoms with E-state index in [1.165, 1.54) is 0 Å². The second kappa shape index (κ2) is 8.58. The van der Waals surface area contributed by atoms with E-state index in [1.54, 1.807) is 37.3 Å². The van der Waals surface area contributed by atoms with Crippen molar-refractivity contribution in [3.05, 3.63) is 54.1 Å². The number of morpholine rings is 1. The van der Waals surface area contributed by atoms with E-state index in [0.717, 1.165) is 5.75 Å². The summed E-state index contributed by atoms with van der Waals surface area (Å²) >= 11 is 0. The highest BCUT2D eigenvalue weighted by molar-refractivity contribution is 5.95. The fourth-order valence-electron chi connectivity index (χ4n) is 2.86. The molecule has 0 saturated carbocycles. The lowest BCUT2D eigenvalue weighted by molar-refractivity contribution is -0.0401. The van der Waals surface area contributed by atoms with Crippen LogP contribution in [0.3, 0.4) is 0 Å². The van der Waals surface area contributed by atoms with Crippen molar-refractivity contribution in [2.45, 2.75) is 6.10 Å². The van der Waals surface area contributed by atoms with E-state index in [2.05, 4.69) is 0 Å². The van der Waals surface area contributed by atoms with Gasteiger partial charge in [0, 0.05) is 12.1 Å². The van der Waals surface area contributed by atoms with Crippen LogP contribution in [0.5, 0.6) is 17.2 Å². The van der Waals surface area contributed by atoms with Gasteiger partial charge in [-0.3, -0.25) is 4.79 Å². The average Bonchev–Trinajstić information content (AvgIpc) is 2.72. The van der Waals surface area contributed by atoms with Gasteiger partial charge in [0.1, 0.15) is 18.5 Å². The Kier molecular flexibility index (Phi) is 5.96. The van der Waals surface area contributed by atoms with Gasteiger partial charge < -0.3 is 23.8 Å². The molecule has 0 radical (unpaired) electrons. The number of para-hydroxylation sites is 1. The number of hydrogen-bond acceptors (Lipinski definition) is 5. The summed E-state index contributed by atoms with van der Waals surface area (Å²) in [5.41, 5.74) is 0.562. The van der Waals surface area contributed by atoms with Gasteiger partial charge in [-0.2, -0.15) is 0 Å². The van der Waals surface area contributed by atoms with Crippen LogP contribution in [-0.2, 0) is 4.74 Å². The molecule has 1 heterocycles. The summed E-state index contributed by atoms with van der Waals surface area (Å²) < 4.78 is 22.0. The first-order valence-corrected chi connectivity index (χ1v) is 8.52. The second-order valence-electron chi connectivity index (χ2n) is 5.94. The highest BCUT2D eigenvalue weighted by atomic mass is 16.5. The fraction of sp³-hybridized carbons (Fsp3) is 0.350. The number of hydrogen-bond donors (Lipinski definition) is 0. The normalized spacial score (nSPS) is 16.8. The second-order valence-corrected chi connectivity index (χ2v) is 5.94. The molecule has 1 atom stereocenters. The largest absolute Gasteiger partial charge is 0.493 e. The molecule has 2 aromatic rings. The molecule has 26 heavy (non-hydrogen) atoms. The van der Waals surface area contributed by atoms with Crippen LogP contribution in [0.1, 0.15) is 10.4 Å². The van der Waals surface area contributed by atoms with Crippen molar-refractivity contribution in [3.63, 3.8) is 0 Å². The van der Waals surface area contributed by atoms with E-state index in [9.17, 15) is 4.79 Å². The highest BCUT2D eigenvalue weighted by Gasteiger charge is 2.26. The molecule has 1 saturated heterocycles. The quantitative estimate of drug-likeness (QED) is 0.795. The van der Waals surface area contributed by atoms with Gasteiger partial charge in [-0.1, -0.05) is 18.2 Å². The summed E-state index contributed by atoms with van der Waals surface area (Å²) in [6, 6.07) is 14.8. The molecule has 0 aromatic heterocycles. The maximum absolute atomic E-state index is 12.8. The van der Waals surface area contributed by atoms with Crippen LogP contribution >= 0.6 is 0 Å². The lowest BCUT2D eigenvalue weighted by atomic mass is 10.1. The average molecular weight is 357 g/mol. The minimum absolute atomic E-state index is 0.0565. The van der Waals surface area contributed by atoms with Crippen LogP contribution < -0.4 is 14.2 Å². The fourth-order valence-corrected chi connectivity index (χ4v) is 2.86. The number of ether oxygens (including phenoxy) is 4. The standard InChI is InChI=1S/C20H23NO5/c1-23-18-9-8-15(12-19(18)24-2)20(22)21-10-11-25-17(13-21)14-26-16-6-4-3-5-7-16/h3-9,12,17H,10-11,13-14H2,1-2H3. The summed E-state index contributed by atoms with van der Waals surface area (Å²) in [5, 5.41) is 0. The minimum atomic E-state index is -0.159. The first-order valence-electron chi connectivity index (χ1n) is 8.52. The number of carbonyl (C=O) groups is 1. The molecule has 0 spiro atoms. The van der Waals surface area contributed by atoms with Crippen molar-refractivity contribution >= 4 is 5.91 Å². The Bertz CT molecular complexity index is 734. The lowest BCUT2D eigenvalue weighted by Gasteiger charge is -2.33. The van der Waals surface area contributed by atoms with E-state index in [1.807, 2.05) is 30.3 Å². The summed E-state index contributed by atoms with van der Waals surface area (Å²) in [6.45, 7) is 1.93. The van der Waals surface area contributed by atoms with Crippen molar-refractivity contribution in [3.8, 4) is 17.2 Å². The van der Waals surface area contributed by atoms with Gasteiger partial charge in [0.05, 0.1) is 27.4 Å². The smallest absolute Gasteiger partial charge is 0.254 e. The van der Waals surface area contributed by atoms with E-state index in [4.69, 9.17) is 18.9 Å². The predicted octanol–water partition coefficient (Wildman–Crippen LogP) is 2.62. The topological polar surface area (TPSA) is 57.2 Å². The van der Waals surface area contributed by atoms with Gasteiger partial charge in [-0.05, 0) is 30.3 Å². The number of methoxy groups -OCH3 is 2. The molecular weight excluding hydrogens is 334 g/mol. The first kappa shape index (κ1) is 18.1. The summed E-state index contributed by atoms with van der Waals surface area (Å²) in [4.78, 5) is 14.6. The Labute approximate surface area is 153 Å². The van der Waals surface area contributed by atoms with Crippen LogP contribution in [-0.4, -0.2) is 57.4 Å². The van der Waals surface area contributed by atoms with Gasteiger partial charge in [-0.25, -0.2) is 0 Å². The van der Waals surface area contributed by atoms with Crippen molar-refractivity contribution in [2.24, 2.45) is 0 Å². The summed E-state index contributed by atoms with van der Waals surface area (Å²) in [5.74, 6) is 1.87. The molecular formula is C20H23NO5. The third-order valence-corrected chi connectivity index (χ3v) is 4.24. The monoisotopic (exact) mass is 357 g/mol. The molecule has 138 valence electrons. The zero-order chi connectivity index (χ0) is 18.4. The van der Waals surface area contributed by atoms with Crippen LogP contribution in [0, 0.1) is 0 Å². The van der Waals surface area contributed by atoms with Gasteiger partial charge in [0.15, 0.2) is 11.5 Å². The Morgan fingerprint density at radius 1 is 1.12 bits per heavy atom. The summed E-state index contributed by atoms with van der Waals surface area (Å²) in [6.07, 6.45) is -0.159. The maximum atomic E-state index is 12.8. The van der Waals surface area contributed by atoms with Crippen molar-refractivity contribution in [1.29, 1.82) is 0 Å². The number of nitrogens with zero attached hydrogens (tertiary/aromatic N) is 1. The van der Waals surface area contributed by atoms with E-state index < -0.39 is 0 Å². The SMILES string of the molecule is COc1ccc(C(=O)N2CCOC(COc3ccccc3)C2)cc1OC. The minimum Gasteiger partial charge on any atom is -0.493 e. The molecule has 0 N–H and O–H groups in total. The molecule has 1 fully saturated rings. The van der Waals surface area contributed by atoms with E-state index in [0.29, 0.717) is 43.4 Å². The van der Waals surface area contributed by atoms with Crippen LogP contribution in [0.4, 0.5) is 0 Å². The zero-order valence-corrected chi connectivity index (χ0v) is 15.0. The Hall–Kier alpha value is -2.73. The molecule has 3 rings (SSSR count). The molecule has 0 aliphatic carbocycles. The molecule has 1 unspecified atom stereocenters. The third-order valence-electron chi connectivity index (χ3n) is 4.24. The Balaban J connectivity index is 1.62. The number of carbonyl (C=O) groups excluding carboxylic acids is 1. The van der Waals surface area contributed by atoms with Gasteiger partial charge in [0.2, 0.25) is 0 Å². The Morgan fingerprint density at radius 3 is 2.62 bits per heavy atom. The molecule has 2 aromatic carbocycles. The lowest BCUT2D eigenvalue weighted by Crippen LogP contribution is -2.47. The van der Waals surface area contributed by atoms with Crippen LogP contribution in [0.2, 0.25) is 0 Å². The molecule has 1 aliphatic heterocycles. The maximum Gasteiger partial charge on any atom is 0.254 e. The Morgan fingerprint density at radius 2 is 1.88 bits per heavy atom. The molecule has 6 heteroatoms. The zero-order valence-electron chi connectivity index (χ0n) is 15.0. The van der Waals surface area contributed by atoms with Crippen molar-refractivity contribution < 1.29 is 23.7 Å². The van der Waals surface area contributed by atoms with Crippen LogP contribution in [0.15, 0.2) is 48.5 Å². The highest BCUT2D eigenvalue weighted by Crippen LogP contribution is 2.28. The molecule has 6 nitrogen and oxygen atoms in total. The third kappa shape index (κ3) is 4.26. The van der Waals surface area contributed by atoms with Gasteiger partial charge in [0.25, 0.3) is 5.91 Å². The van der Waals surface area contributed by atoms with Crippen LogP contribution in [0.25, 0.3) is 0 Å². The molecule has 1 amide bonds. The predicted molar refractivity (Wildman–Crippen MR) is 97.1 cm³/mol. The van der Waals surface area contributed by atoms with E-state index >= 15 is 0 Å². The molecule has 1 aliphatic rings. The van der Waals surface area contributed by atoms with E-state index in [-0.39, 0.29) is 12.0 Å². The molecule has 0 bridgehead atoms. The van der Waals surface area contributed by atoms with Crippen molar-refractivity contribution in [1.82, 2.24) is 4.90 Å². The number of rotatable bonds is 6. The number of benzene rings is 2. The van der Waals surface area contributed by atoms with Gasteiger partial charge in [-0.15, -0.1) is 0 Å². The van der Waals surface area contributed by atoms with Gasteiger partial charge >= 0.3 is 0 Å². The van der Waals surface area contributed by atoms with Crippen molar-refractivity contribution in [2.75, 3.05) is 40.5 Å². The first-order chi connectivity index (χ1) is 12.7.